The fraction of sp³-hybridized carbons (Fsp3) is 0.609. The molecule has 0 aliphatic carbocycles. The van der Waals surface area contributed by atoms with Crippen molar-refractivity contribution in [2.24, 2.45) is 17.6 Å². The summed E-state index contributed by atoms with van der Waals surface area (Å²) in [6.45, 7) is 3.89. The van der Waals surface area contributed by atoms with Crippen LogP contribution in [0.5, 0.6) is 0 Å². The number of nitrogens with two attached hydrogens (primary N) is 1. The van der Waals surface area contributed by atoms with Crippen LogP contribution < -0.4 is 48.3 Å². The zero-order chi connectivity index (χ0) is 57.5. The first kappa shape index (κ1) is 63.2. The van der Waals surface area contributed by atoms with E-state index in [0.717, 1.165) is 4.90 Å². The Bertz CT molecular complexity index is 2370. The molecule has 1 fully saturated rings. The third-order valence-electron chi connectivity index (χ3n) is 11.8. The number of carbonyl (C=O) groups excluding carboxylic acids is 9. The van der Waals surface area contributed by atoms with Crippen LogP contribution in [0.3, 0.4) is 0 Å². The van der Waals surface area contributed by atoms with Gasteiger partial charge in [0.15, 0.2) is 0 Å². The Morgan fingerprint density at radius 2 is 1.13 bits per heavy atom. The molecular weight excluding hydrogens is 1020 g/mol. The highest BCUT2D eigenvalue weighted by molar-refractivity contribution is 5.99. The number of aliphatic carboxylic acids is 3. The molecule has 9 atom stereocenters. The van der Waals surface area contributed by atoms with Crippen molar-refractivity contribution in [1.29, 1.82) is 0 Å². The summed E-state index contributed by atoms with van der Waals surface area (Å²) in [5, 5.41) is 67.4. The average Bonchev–Trinajstić information content (AvgIpc) is 4.18. The van der Waals surface area contributed by atoms with Crippen LogP contribution in [-0.4, -0.2) is 202 Å². The first-order valence-corrected chi connectivity index (χ1v) is 24.6. The SMILES string of the molecule is CC(C)C[C@H](NC(=O)[C@H](Cc1cnc[nH]1)NC(=O)[C@H](CC(C)C)NC(=O)[C@H](CO)NC(=O)CNC(=O)[C@H](CO)NC(=O)[C@@H]1CCCN1C(=O)[C@H](CC(=O)O)NC(=O)[C@H](CCC(=O)O)NC(=O)[C@@H](N)Cc1cnc[nH]1)C(=O)O. The molecule has 17 N–H and O–H groups in total. The van der Waals surface area contributed by atoms with Crippen molar-refractivity contribution < 1.29 is 83.1 Å². The molecule has 0 aromatic carbocycles. The van der Waals surface area contributed by atoms with Crippen LogP contribution in [0.1, 0.15) is 84.0 Å². The summed E-state index contributed by atoms with van der Waals surface area (Å²) in [7, 11) is 0. The summed E-state index contributed by atoms with van der Waals surface area (Å²) in [5.41, 5.74) is 6.84. The van der Waals surface area contributed by atoms with Gasteiger partial charge in [-0.1, -0.05) is 27.7 Å². The number of rotatable bonds is 33. The Morgan fingerprint density at radius 3 is 1.68 bits per heavy atom. The molecule has 0 saturated carbocycles. The highest BCUT2D eigenvalue weighted by Gasteiger charge is 2.41. The number of hydrogen-bond acceptors (Lipinski definition) is 17. The summed E-state index contributed by atoms with van der Waals surface area (Å²) in [6.07, 6.45) is 3.35. The average molecular weight is 1090 g/mol. The van der Waals surface area contributed by atoms with Crippen LogP contribution >= 0.6 is 0 Å². The molecule has 31 nitrogen and oxygen atoms in total. The van der Waals surface area contributed by atoms with Crippen molar-refractivity contribution in [1.82, 2.24) is 67.4 Å². The predicted octanol–water partition coefficient (Wildman–Crippen LogP) is -5.75. The van der Waals surface area contributed by atoms with E-state index >= 15 is 0 Å². The molecule has 0 radical (unpaired) electrons. The molecule has 3 rings (SSSR count). The number of amides is 9. The molecule has 3 heterocycles. The van der Waals surface area contributed by atoms with E-state index in [0.29, 0.717) is 11.4 Å². The van der Waals surface area contributed by atoms with E-state index in [2.05, 4.69) is 62.5 Å². The quantitative estimate of drug-likeness (QED) is 0.0317. The standard InChI is InChI=1S/C46H70N14O17/c1-22(2)10-28(41(71)56-29(13-25-16-49-21-52-25)42(72)58-31(46(76)77)11-23(3)4)55-43(73)33(19-62)53-35(63)17-50-39(69)32(18-61)59-44(74)34-6-5-9-60(34)45(75)30(14-37(66)67)57-40(70)27(7-8-36(64)65)54-38(68)26(47)12-24-15-48-20-51-24/h15-16,20-23,26-34,61-62H,5-14,17-19,47H2,1-4H3,(H,48,51)(H,49,52)(H,50,69)(H,53,63)(H,54,68)(H,55,73)(H,56,71)(H,57,70)(H,58,72)(H,59,74)(H,64,65)(H,66,67)(H,76,77)/t26-,27-,28-,29-,30-,31-,32-,33-,34-/m0/s1. The zero-order valence-corrected chi connectivity index (χ0v) is 42.9. The smallest absolute Gasteiger partial charge is 0.326 e. The normalized spacial score (nSPS) is 16.3. The summed E-state index contributed by atoms with van der Waals surface area (Å²) < 4.78 is 0. The number of aromatic nitrogens is 4. The zero-order valence-electron chi connectivity index (χ0n) is 42.9. The minimum Gasteiger partial charge on any atom is -0.481 e. The van der Waals surface area contributed by atoms with Gasteiger partial charge in [0.1, 0.15) is 48.3 Å². The van der Waals surface area contributed by atoms with Gasteiger partial charge in [0.25, 0.3) is 0 Å². The summed E-state index contributed by atoms with van der Waals surface area (Å²) in [5.74, 6) is -13.6. The Labute approximate surface area is 440 Å². The van der Waals surface area contributed by atoms with Gasteiger partial charge in [-0.05, 0) is 43.9 Å². The lowest BCUT2D eigenvalue weighted by Gasteiger charge is -2.30. The summed E-state index contributed by atoms with van der Waals surface area (Å²) in [6, 6.07) is -13.5. The molecule has 0 spiro atoms. The van der Waals surface area contributed by atoms with Crippen molar-refractivity contribution in [3.63, 3.8) is 0 Å². The van der Waals surface area contributed by atoms with Crippen LogP contribution in [0, 0.1) is 11.8 Å². The Kier molecular flexibility index (Phi) is 25.5. The van der Waals surface area contributed by atoms with E-state index < -0.39 is 164 Å². The van der Waals surface area contributed by atoms with Gasteiger partial charge in [-0.2, -0.15) is 0 Å². The number of carboxylic acids is 3. The molecule has 2 aromatic rings. The van der Waals surface area contributed by atoms with E-state index in [1.165, 1.54) is 25.0 Å². The number of imidazole rings is 2. The molecule has 77 heavy (non-hydrogen) atoms. The van der Waals surface area contributed by atoms with Gasteiger partial charge in [-0.15, -0.1) is 0 Å². The number of H-pyrrole nitrogens is 2. The molecule has 1 aliphatic heterocycles. The lowest BCUT2D eigenvalue weighted by atomic mass is 10.0. The lowest BCUT2D eigenvalue weighted by molar-refractivity contribution is -0.146. The van der Waals surface area contributed by atoms with Crippen molar-refractivity contribution >= 4 is 71.1 Å². The molecule has 2 aromatic heterocycles. The third-order valence-corrected chi connectivity index (χ3v) is 11.8. The topological polar surface area (TPSA) is 489 Å². The third kappa shape index (κ3) is 21.2. The second-order valence-corrected chi connectivity index (χ2v) is 19.1. The van der Waals surface area contributed by atoms with Gasteiger partial charge in [0.2, 0.25) is 53.2 Å². The van der Waals surface area contributed by atoms with Crippen LogP contribution in [0.2, 0.25) is 0 Å². The Hall–Kier alpha value is -8.06. The Balaban J connectivity index is 1.65. The van der Waals surface area contributed by atoms with Crippen molar-refractivity contribution in [3.8, 4) is 0 Å². The number of aromatic amines is 2. The van der Waals surface area contributed by atoms with E-state index in [1.54, 1.807) is 27.7 Å². The van der Waals surface area contributed by atoms with Gasteiger partial charge in [-0.3, -0.25) is 52.7 Å². The van der Waals surface area contributed by atoms with Crippen molar-refractivity contribution in [2.45, 2.75) is 140 Å². The maximum absolute atomic E-state index is 13.9. The van der Waals surface area contributed by atoms with Gasteiger partial charge in [-0.25, -0.2) is 14.8 Å². The molecule has 426 valence electrons. The maximum atomic E-state index is 13.9. The fourth-order valence-corrected chi connectivity index (χ4v) is 7.92. The van der Waals surface area contributed by atoms with Crippen LogP contribution in [0.4, 0.5) is 0 Å². The number of likely N-dealkylation sites (tertiary alicyclic amines) is 1. The Morgan fingerprint density at radius 1 is 0.623 bits per heavy atom. The fourth-order valence-electron chi connectivity index (χ4n) is 7.92. The molecular formula is C46H70N14O17. The molecule has 0 bridgehead atoms. The molecule has 9 amide bonds. The van der Waals surface area contributed by atoms with Gasteiger partial charge < -0.3 is 88.7 Å². The predicted molar refractivity (Wildman–Crippen MR) is 264 cm³/mol. The van der Waals surface area contributed by atoms with Gasteiger partial charge >= 0.3 is 17.9 Å². The number of hydrogen-bond donors (Lipinski definition) is 16. The highest BCUT2D eigenvalue weighted by atomic mass is 16.4. The van der Waals surface area contributed by atoms with Crippen LogP contribution in [0.25, 0.3) is 0 Å². The van der Waals surface area contributed by atoms with Gasteiger partial charge in [0, 0.05) is 49.6 Å². The van der Waals surface area contributed by atoms with Crippen LogP contribution in [0.15, 0.2) is 25.0 Å². The molecule has 1 aliphatic rings. The summed E-state index contributed by atoms with van der Waals surface area (Å²) >= 11 is 0. The highest BCUT2D eigenvalue weighted by Crippen LogP contribution is 2.20. The minimum absolute atomic E-state index is 0.00803. The second-order valence-electron chi connectivity index (χ2n) is 19.1. The molecule has 1 saturated heterocycles. The van der Waals surface area contributed by atoms with E-state index in [9.17, 15) is 83.1 Å². The molecule has 31 heteroatoms. The number of aliphatic hydroxyl groups excluding tert-OH is 2. The maximum Gasteiger partial charge on any atom is 0.326 e. The monoisotopic (exact) mass is 1090 g/mol. The first-order valence-electron chi connectivity index (χ1n) is 24.6. The number of carboxylic acid groups (broad SMARTS) is 3. The van der Waals surface area contributed by atoms with Crippen molar-refractivity contribution in [3.05, 3.63) is 36.4 Å². The van der Waals surface area contributed by atoms with E-state index in [-0.39, 0.29) is 56.9 Å². The second kappa shape index (κ2) is 31.1. The van der Waals surface area contributed by atoms with Crippen molar-refractivity contribution in [2.75, 3.05) is 26.3 Å². The molecule has 0 unspecified atom stereocenters. The summed E-state index contributed by atoms with van der Waals surface area (Å²) in [4.78, 5) is 170. The lowest BCUT2D eigenvalue weighted by Crippen LogP contribution is -2.60. The number of nitrogens with zero attached hydrogens (tertiary/aromatic N) is 3. The largest absolute Gasteiger partial charge is 0.481 e. The first-order chi connectivity index (χ1) is 36.3. The van der Waals surface area contributed by atoms with Crippen LogP contribution in [-0.2, 0) is 70.4 Å². The van der Waals surface area contributed by atoms with E-state index in [1.807, 2.05) is 0 Å². The van der Waals surface area contributed by atoms with E-state index in [4.69, 9.17) is 5.73 Å². The number of nitrogens with one attached hydrogen (secondary N) is 10. The number of aliphatic hydroxyl groups is 2. The minimum atomic E-state index is -1.85. The number of carbonyl (C=O) groups is 12. The van der Waals surface area contributed by atoms with Gasteiger partial charge in [0.05, 0.1) is 44.9 Å².